The van der Waals surface area contributed by atoms with Crippen LogP contribution in [0.1, 0.15) is 18.5 Å². The molecule has 1 aromatic heterocycles. The van der Waals surface area contributed by atoms with Gasteiger partial charge >= 0.3 is 6.18 Å². The Morgan fingerprint density at radius 3 is 2.79 bits per heavy atom. The summed E-state index contributed by atoms with van der Waals surface area (Å²) in [4.78, 5) is 1.84. The van der Waals surface area contributed by atoms with Gasteiger partial charge in [0, 0.05) is 25.8 Å². The molecule has 1 aliphatic rings. The Hall–Kier alpha value is -1.15. The predicted molar refractivity (Wildman–Crippen MR) is 63.1 cm³/mol. The minimum atomic E-state index is -4.08. The van der Waals surface area contributed by atoms with Gasteiger partial charge in [-0.05, 0) is 19.4 Å². The maximum absolute atomic E-state index is 12.7. The highest BCUT2D eigenvalue weighted by molar-refractivity contribution is 4.90. The average molecular weight is 277 g/mol. The molecular formula is C11H18F3N5. The summed E-state index contributed by atoms with van der Waals surface area (Å²) in [5.41, 5.74) is 6.10. The van der Waals surface area contributed by atoms with Crippen LogP contribution in [-0.2, 0) is 13.1 Å². The number of nitrogens with zero attached hydrogens (tertiary/aromatic N) is 4. The molecule has 108 valence electrons. The first kappa shape index (κ1) is 14.3. The summed E-state index contributed by atoms with van der Waals surface area (Å²) in [5, 5.41) is 7.72. The molecule has 1 aliphatic heterocycles. The maximum atomic E-state index is 12.7. The molecule has 19 heavy (non-hydrogen) atoms. The van der Waals surface area contributed by atoms with Crippen molar-refractivity contribution >= 4 is 0 Å². The second-order valence-corrected chi connectivity index (χ2v) is 4.86. The van der Waals surface area contributed by atoms with Crippen molar-refractivity contribution in [3.05, 3.63) is 11.9 Å². The molecule has 0 amide bonds. The lowest BCUT2D eigenvalue weighted by Crippen LogP contribution is -2.42. The van der Waals surface area contributed by atoms with Crippen LogP contribution in [-0.4, -0.2) is 45.7 Å². The highest BCUT2D eigenvalue weighted by atomic mass is 19.4. The molecule has 2 rings (SSSR count). The van der Waals surface area contributed by atoms with E-state index in [0.29, 0.717) is 38.3 Å². The van der Waals surface area contributed by atoms with Crippen molar-refractivity contribution < 1.29 is 13.2 Å². The van der Waals surface area contributed by atoms with Crippen LogP contribution in [0.3, 0.4) is 0 Å². The van der Waals surface area contributed by atoms with E-state index in [4.69, 9.17) is 5.73 Å². The zero-order chi connectivity index (χ0) is 13.9. The smallest absolute Gasteiger partial charge is 0.325 e. The maximum Gasteiger partial charge on any atom is 0.393 e. The number of halogens is 3. The fourth-order valence-corrected chi connectivity index (χ4v) is 2.31. The number of alkyl halides is 3. The Labute approximate surface area is 109 Å². The van der Waals surface area contributed by atoms with Crippen molar-refractivity contribution in [2.75, 3.05) is 19.6 Å². The number of hydrogen-bond donors (Lipinski definition) is 1. The SMILES string of the molecule is NCc1cn(CCN2CCCC(C(F)(F)F)C2)nn1. The molecule has 1 saturated heterocycles. The first-order chi connectivity index (χ1) is 8.99. The van der Waals surface area contributed by atoms with Gasteiger partial charge in [0.1, 0.15) is 0 Å². The van der Waals surface area contributed by atoms with Crippen molar-refractivity contribution in [1.29, 1.82) is 0 Å². The standard InChI is InChI=1S/C11H18F3N5/c12-11(13,14)9-2-1-3-18(7-9)4-5-19-8-10(6-15)16-17-19/h8-9H,1-7,15H2. The van der Waals surface area contributed by atoms with Gasteiger partial charge in [-0.25, -0.2) is 0 Å². The number of nitrogens with two attached hydrogens (primary N) is 1. The van der Waals surface area contributed by atoms with Crippen molar-refractivity contribution in [2.24, 2.45) is 11.7 Å². The Morgan fingerprint density at radius 1 is 1.37 bits per heavy atom. The van der Waals surface area contributed by atoms with Crippen LogP contribution in [0.25, 0.3) is 0 Å². The first-order valence-electron chi connectivity index (χ1n) is 6.37. The fourth-order valence-electron chi connectivity index (χ4n) is 2.31. The van der Waals surface area contributed by atoms with E-state index < -0.39 is 12.1 Å². The van der Waals surface area contributed by atoms with E-state index in [2.05, 4.69) is 10.3 Å². The summed E-state index contributed by atoms with van der Waals surface area (Å²) in [5.74, 6) is -1.20. The molecule has 0 bridgehead atoms. The molecule has 8 heteroatoms. The molecule has 0 aliphatic carbocycles. The van der Waals surface area contributed by atoms with Crippen LogP contribution in [0.15, 0.2) is 6.20 Å². The van der Waals surface area contributed by atoms with Crippen LogP contribution < -0.4 is 5.73 Å². The zero-order valence-corrected chi connectivity index (χ0v) is 10.6. The quantitative estimate of drug-likeness (QED) is 0.892. The summed E-state index contributed by atoms with van der Waals surface area (Å²) in [6, 6.07) is 0. The third-order valence-corrected chi connectivity index (χ3v) is 3.41. The van der Waals surface area contributed by atoms with Crippen LogP contribution in [0.2, 0.25) is 0 Å². The Bertz CT molecular complexity index is 403. The van der Waals surface area contributed by atoms with Crippen LogP contribution in [0.4, 0.5) is 13.2 Å². The number of piperidine rings is 1. The summed E-state index contributed by atoms with van der Waals surface area (Å²) < 4.78 is 39.6. The van der Waals surface area contributed by atoms with Crippen LogP contribution in [0, 0.1) is 5.92 Å². The molecule has 5 nitrogen and oxygen atoms in total. The second-order valence-electron chi connectivity index (χ2n) is 4.86. The summed E-state index contributed by atoms with van der Waals surface area (Å²) in [6.07, 6.45) is -1.53. The number of aromatic nitrogens is 3. The average Bonchev–Trinajstić information content (AvgIpc) is 2.84. The molecule has 0 spiro atoms. The van der Waals surface area contributed by atoms with Crippen molar-refractivity contribution in [3.63, 3.8) is 0 Å². The Balaban J connectivity index is 1.82. The number of rotatable bonds is 4. The molecule has 1 aromatic rings. The van der Waals surface area contributed by atoms with E-state index in [1.807, 2.05) is 4.90 Å². The lowest BCUT2D eigenvalue weighted by Gasteiger charge is -2.33. The monoisotopic (exact) mass is 277 g/mol. The van der Waals surface area contributed by atoms with Crippen molar-refractivity contribution in [1.82, 2.24) is 19.9 Å². The second kappa shape index (κ2) is 5.87. The first-order valence-corrected chi connectivity index (χ1v) is 6.37. The molecular weight excluding hydrogens is 259 g/mol. The Kier molecular flexibility index (Phi) is 4.41. The molecule has 2 N–H and O–H groups in total. The highest BCUT2D eigenvalue weighted by Gasteiger charge is 2.41. The molecule has 0 aromatic carbocycles. The van der Waals surface area contributed by atoms with E-state index in [9.17, 15) is 13.2 Å². The molecule has 0 saturated carbocycles. The van der Waals surface area contributed by atoms with Crippen molar-refractivity contribution in [3.8, 4) is 0 Å². The Morgan fingerprint density at radius 2 is 2.16 bits per heavy atom. The van der Waals surface area contributed by atoms with Crippen molar-refractivity contribution in [2.45, 2.75) is 32.1 Å². The van der Waals surface area contributed by atoms with Gasteiger partial charge in [-0.2, -0.15) is 13.2 Å². The lowest BCUT2D eigenvalue weighted by atomic mass is 9.97. The van der Waals surface area contributed by atoms with Crippen LogP contribution >= 0.6 is 0 Å². The van der Waals surface area contributed by atoms with Gasteiger partial charge in [0.15, 0.2) is 0 Å². The minimum absolute atomic E-state index is 0.0853. The molecule has 2 heterocycles. The van der Waals surface area contributed by atoms with Gasteiger partial charge in [0.2, 0.25) is 0 Å². The summed E-state index contributed by atoms with van der Waals surface area (Å²) in [7, 11) is 0. The van der Waals surface area contributed by atoms with E-state index in [0.717, 1.165) is 0 Å². The van der Waals surface area contributed by atoms with Gasteiger partial charge < -0.3 is 10.6 Å². The van der Waals surface area contributed by atoms with E-state index in [1.165, 1.54) is 0 Å². The van der Waals surface area contributed by atoms with Crippen LogP contribution in [0.5, 0.6) is 0 Å². The zero-order valence-electron chi connectivity index (χ0n) is 10.6. The summed E-state index contributed by atoms with van der Waals surface area (Å²) in [6.45, 7) is 2.21. The fraction of sp³-hybridized carbons (Fsp3) is 0.818. The highest BCUT2D eigenvalue weighted by Crippen LogP contribution is 2.32. The van der Waals surface area contributed by atoms with E-state index in [-0.39, 0.29) is 13.0 Å². The molecule has 1 fully saturated rings. The lowest BCUT2D eigenvalue weighted by molar-refractivity contribution is -0.186. The van der Waals surface area contributed by atoms with Gasteiger partial charge in [0.05, 0.1) is 18.2 Å². The predicted octanol–water partition coefficient (Wildman–Crippen LogP) is 1.01. The van der Waals surface area contributed by atoms with Gasteiger partial charge in [-0.3, -0.25) is 4.68 Å². The van der Waals surface area contributed by atoms with Gasteiger partial charge in [0.25, 0.3) is 0 Å². The number of hydrogen-bond acceptors (Lipinski definition) is 4. The van der Waals surface area contributed by atoms with E-state index >= 15 is 0 Å². The largest absolute Gasteiger partial charge is 0.393 e. The van der Waals surface area contributed by atoms with Gasteiger partial charge in [-0.15, -0.1) is 5.10 Å². The topological polar surface area (TPSA) is 60.0 Å². The molecule has 1 unspecified atom stereocenters. The van der Waals surface area contributed by atoms with Gasteiger partial charge in [-0.1, -0.05) is 5.21 Å². The third kappa shape index (κ3) is 3.90. The van der Waals surface area contributed by atoms with E-state index in [1.54, 1.807) is 10.9 Å². The normalized spacial score (nSPS) is 21.8. The third-order valence-electron chi connectivity index (χ3n) is 3.41. The summed E-state index contributed by atoms with van der Waals surface area (Å²) >= 11 is 0. The molecule has 0 radical (unpaired) electrons. The minimum Gasteiger partial charge on any atom is -0.325 e. The molecule has 1 atom stereocenters. The number of likely N-dealkylation sites (tertiary alicyclic amines) is 1.